The fraction of sp³-hybridized carbons (Fsp3) is 0.176. The highest BCUT2D eigenvalue weighted by molar-refractivity contribution is 5.84. The standard InChI is InChI=1S/C34H31FN2O3/c35-29-18-15-25(16-19-29)33-26(13-7-8-14-31(38)39)21-28-22-27(17-20-30(28)36-33)34(40)37-32(23-9-3-1-4-10-23)24-11-5-2-6-12-24/h1-6,9-12,15-22,32,34,37,40H,7-8,13-14H2,(H,38,39). The average Bonchev–Trinajstić information content (AvgIpc) is 2.98. The molecule has 0 radical (unpaired) electrons. The first-order valence-electron chi connectivity index (χ1n) is 13.4. The second-order valence-corrected chi connectivity index (χ2v) is 9.88. The molecule has 202 valence electrons. The number of pyridine rings is 1. The van der Waals surface area contributed by atoms with Gasteiger partial charge in [0, 0.05) is 17.4 Å². The molecule has 0 aliphatic rings. The number of nitrogens with one attached hydrogen (secondary N) is 1. The lowest BCUT2D eigenvalue weighted by molar-refractivity contribution is -0.137. The van der Waals surface area contributed by atoms with E-state index in [2.05, 4.69) is 5.32 Å². The van der Waals surface area contributed by atoms with Crippen molar-refractivity contribution in [2.75, 3.05) is 0 Å². The van der Waals surface area contributed by atoms with Gasteiger partial charge in [0.05, 0.1) is 17.3 Å². The Kier molecular flexibility index (Phi) is 8.59. The van der Waals surface area contributed by atoms with Crippen molar-refractivity contribution in [2.24, 2.45) is 0 Å². The van der Waals surface area contributed by atoms with Crippen LogP contribution in [0.15, 0.2) is 109 Å². The Labute approximate surface area is 233 Å². The van der Waals surface area contributed by atoms with Crippen molar-refractivity contribution in [2.45, 2.75) is 38.0 Å². The lowest BCUT2D eigenvalue weighted by atomic mass is 9.97. The van der Waals surface area contributed by atoms with Gasteiger partial charge >= 0.3 is 5.97 Å². The summed E-state index contributed by atoms with van der Waals surface area (Å²) in [5.74, 6) is -1.13. The zero-order valence-corrected chi connectivity index (χ0v) is 22.0. The molecule has 0 saturated carbocycles. The average molecular weight is 535 g/mol. The first-order valence-corrected chi connectivity index (χ1v) is 13.4. The molecule has 0 amide bonds. The summed E-state index contributed by atoms with van der Waals surface area (Å²) < 4.78 is 13.6. The van der Waals surface area contributed by atoms with Gasteiger partial charge in [-0.15, -0.1) is 0 Å². The fourth-order valence-corrected chi connectivity index (χ4v) is 4.98. The summed E-state index contributed by atoms with van der Waals surface area (Å²) in [6.45, 7) is 0. The number of rotatable bonds is 11. The minimum absolute atomic E-state index is 0.110. The predicted octanol–water partition coefficient (Wildman–Crippen LogP) is 7.21. The van der Waals surface area contributed by atoms with Gasteiger partial charge in [0.15, 0.2) is 0 Å². The van der Waals surface area contributed by atoms with E-state index in [9.17, 15) is 14.3 Å². The number of carbonyl (C=O) groups is 1. The number of carboxylic acids is 1. The van der Waals surface area contributed by atoms with Crippen LogP contribution >= 0.6 is 0 Å². The minimum Gasteiger partial charge on any atom is -0.481 e. The normalized spacial score (nSPS) is 12.1. The Morgan fingerprint density at radius 3 is 2.08 bits per heavy atom. The second kappa shape index (κ2) is 12.6. The van der Waals surface area contributed by atoms with Crippen molar-refractivity contribution in [1.29, 1.82) is 0 Å². The molecule has 0 bridgehead atoms. The molecular weight excluding hydrogens is 503 g/mol. The maximum Gasteiger partial charge on any atom is 0.303 e. The van der Waals surface area contributed by atoms with Crippen molar-refractivity contribution in [3.05, 3.63) is 137 Å². The Morgan fingerprint density at radius 1 is 0.800 bits per heavy atom. The van der Waals surface area contributed by atoms with Gasteiger partial charge in [0.25, 0.3) is 0 Å². The summed E-state index contributed by atoms with van der Waals surface area (Å²) in [6.07, 6.45) is 1.05. The molecule has 1 aromatic heterocycles. The third kappa shape index (κ3) is 6.60. The number of hydrogen-bond donors (Lipinski definition) is 3. The summed E-state index contributed by atoms with van der Waals surface area (Å²) in [4.78, 5) is 15.9. The number of nitrogens with zero attached hydrogens (tertiary/aromatic N) is 1. The molecule has 5 rings (SSSR count). The molecule has 0 saturated heterocycles. The molecule has 0 fully saturated rings. The van der Waals surface area contributed by atoms with E-state index in [0.717, 1.165) is 38.9 Å². The first kappa shape index (κ1) is 27.2. The number of aliphatic carboxylic acids is 1. The van der Waals surface area contributed by atoms with E-state index in [4.69, 9.17) is 10.1 Å². The van der Waals surface area contributed by atoms with Crippen LogP contribution in [-0.4, -0.2) is 21.2 Å². The fourth-order valence-electron chi connectivity index (χ4n) is 4.98. The molecule has 4 aromatic carbocycles. The predicted molar refractivity (Wildman–Crippen MR) is 155 cm³/mol. The third-order valence-electron chi connectivity index (χ3n) is 7.03. The molecular formula is C34H31FN2O3. The van der Waals surface area contributed by atoms with Crippen LogP contribution in [0, 0.1) is 5.82 Å². The molecule has 1 heterocycles. The zero-order valence-electron chi connectivity index (χ0n) is 22.0. The van der Waals surface area contributed by atoms with Crippen molar-refractivity contribution in [3.63, 3.8) is 0 Å². The van der Waals surface area contributed by atoms with Crippen LogP contribution in [0.25, 0.3) is 22.2 Å². The number of halogens is 1. The number of fused-ring (bicyclic) bond motifs is 1. The Morgan fingerprint density at radius 2 is 1.45 bits per heavy atom. The molecule has 3 N–H and O–H groups in total. The summed E-state index contributed by atoms with van der Waals surface area (Å²) in [7, 11) is 0. The Hall–Kier alpha value is -4.39. The number of unbranched alkanes of at least 4 members (excludes halogenated alkanes) is 1. The van der Waals surface area contributed by atoms with Crippen LogP contribution in [0.3, 0.4) is 0 Å². The van der Waals surface area contributed by atoms with Gasteiger partial charge in [-0.25, -0.2) is 9.37 Å². The molecule has 5 nitrogen and oxygen atoms in total. The highest BCUT2D eigenvalue weighted by Gasteiger charge is 2.19. The zero-order chi connectivity index (χ0) is 27.9. The number of hydrogen-bond acceptors (Lipinski definition) is 4. The number of aliphatic hydroxyl groups excluding tert-OH is 1. The lowest BCUT2D eigenvalue weighted by Gasteiger charge is -2.24. The molecule has 0 aliphatic carbocycles. The molecule has 0 aliphatic heterocycles. The lowest BCUT2D eigenvalue weighted by Crippen LogP contribution is -2.27. The van der Waals surface area contributed by atoms with Crippen LogP contribution in [-0.2, 0) is 11.2 Å². The number of carboxylic acid groups (broad SMARTS) is 1. The molecule has 5 aromatic rings. The quantitative estimate of drug-likeness (QED) is 0.123. The van der Waals surface area contributed by atoms with E-state index >= 15 is 0 Å². The van der Waals surface area contributed by atoms with Gasteiger partial charge in [-0.3, -0.25) is 10.1 Å². The highest BCUT2D eigenvalue weighted by Crippen LogP contribution is 2.30. The summed E-state index contributed by atoms with van der Waals surface area (Å²) >= 11 is 0. The highest BCUT2D eigenvalue weighted by atomic mass is 19.1. The second-order valence-electron chi connectivity index (χ2n) is 9.88. The molecule has 1 atom stereocenters. The van der Waals surface area contributed by atoms with E-state index < -0.39 is 12.2 Å². The van der Waals surface area contributed by atoms with Crippen LogP contribution in [0.2, 0.25) is 0 Å². The van der Waals surface area contributed by atoms with Crippen LogP contribution in [0.4, 0.5) is 4.39 Å². The van der Waals surface area contributed by atoms with Gasteiger partial charge in [-0.05, 0) is 84.0 Å². The van der Waals surface area contributed by atoms with E-state index in [-0.39, 0.29) is 18.3 Å². The van der Waals surface area contributed by atoms with Gasteiger partial charge in [0.1, 0.15) is 12.0 Å². The van der Waals surface area contributed by atoms with Crippen LogP contribution < -0.4 is 5.32 Å². The minimum atomic E-state index is -0.939. The van der Waals surface area contributed by atoms with Gasteiger partial charge < -0.3 is 10.2 Å². The van der Waals surface area contributed by atoms with Crippen LogP contribution in [0.1, 0.15) is 53.8 Å². The van der Waals surface area contributed by atoms with Gasteiger partial charge in [-0.1, -0.05) is 66.7 Å². The van der Waals surface area contributed by atoms with Crippen molar-refractivity contribution < 1.29 is 19.4 Å². The topological polar surface area (TPSA) is 82.5 Å². The third-order valence-corrected chi connectivity index (χ3v) is 7.03. The SMILES string of the molecule is O=C(O)CCCCc1cc2cc(C(O)NC(c3ccccc3)c3ccccc3)ccc2nc1-c1ccc(F)cc1. The monoisotopic (exact) mass is 534 g/mol. The van der Waals surface area contributed by atoms with Crippen molar-refractivity contribution >= 4 is 16.9 Å². The van der Waals surface area contributed by atoms with E-state index in [1.165, 1.54) is 12.1 Å². The number of aryl methyl sites for hydroxylation is 1. The Bertz CT molecular complexity index is 1540. The summed E-state index contributed by atoms with van der Waals surface area (Å²) in [6, 6.07) is 33.8. The number of aromatic nitrogens is 1. The van der Waals surface area contributed by atoms with E-state index in [0.29, 0.717) is 24.8 Å². The molecule has 6 heteroatoms. The summed E-state index contributed by atoms with van der Waals surface area (Å²) in [5.41, 5.74) is 6.06. The van der Waals surface area contributed by atoms with Crippen molar-refractivity contribution in [3.8, 4) is 11.3 Å². The largest absolute Gasteiger partial charge is 0.481 e. The van der Waals surface area contributed by atoms with E-state index in [1.807, 2.05) is 84.9 Å². The number of aliphatic hydroxyl groups is 1. The molecule has 1 unspecified atom stereocenters. The molecule has 40 heavy (non-hydrogen) atoms. The maximum atomic E-state index is 13.6. The number of benzene rings is 4. The molecule has 0 spiro atoms. The van der Waals surface area contributed by atoms with Gasteiger partial charge in [-0.2, -0.15) is 0 Å². The Balaban J connectivity index is 1.46. The van der Waals surface area contributed by atoms with Gasteiger partial charge in [0.2, 0.25) is 0 Å². The van der Waals surface area contributed by atoms with Crippen LogP contribution in [0.5, 0.6) is 0 Å². The smallest absolute Gasteiger partial charge is 0.303 e. The van der Waals surface area contributed by atoms with Crippen molar-refractivity contribution in [1.82, 2.24) is 10.3 Å². The summed E-state index contributed by atoms with van der Waals surface area (Å²) in [5, 5.41) is 24.6. The first-order chi connectivity index (χ1) is 19.5. The maximum absolute atomic E-state index is 13.6. The van der Waals surface area contributed by atoms with E-state index in [1.54, 1.807) is 12.1 Å².